The molecular formula is C22H33ClN2O2. The molecule has 4 nitrogen and oxygen atoms in total. The van der Waals surface area contributed by atoms with Crippen LogP contribution in [0.25, 0.3) is 0 Å². The van der Waals surface area contributed by atoms with Gasteiger partial charge in [-0.3, -0.25) is 9.59 Å². The number of hydrogen-bond donors (Lipinski definition) is 1. The zero-order valence-corrected chi connectivity index (χ0v) is 18.0. The van der Waals surface area contributed by atoms with Crippen LogP contribution in [0.3, 0.4) is 0 Å². The fourth-order valence-corrected chi connectivity index (χ4v) is 3.71. The van der Waals surface area contributed by atoms with E-state index in [0.717, 1.165) is 31.0 Å². The zero-order valence-electron chi connectivity index (χ0n) is 17.2. The summed E-state index contributed by atoms with van der Waals surface area (Å²) < 4.78 is 0. The van der Waals surface area contributed by atoms with Gasteiger partial charge < -0.3 is 10.2 Å². The second-order valence-corrected chi connectivity index (χ2v) is 9.61. The van der Waals surface area contributed by atoms with E-state index in [1.807, 2.05) is 51.7 Å². The zero-order chi connectivity index (χ0) is 20.2. The Kier molecular flexibility index (Phi) is 7.32. The predicted octanol–water partition coefficient (Wildman–Crippen LogP) is 4.62. The van der Waals surface area contributed by atoms with Gasteiger partial charge in [0, 0.05) is 24.5 Å². The van der Waals surface area contributed by atoms with Gasteiger partial charge in [0.15, 0.2) is 0 Å². The predicted molar refractivity (Wildman–Crippen MR) is 111 cm³/mol. The fourth-order valence-electron chi connectivity index (χ4n) is 3.58. The molecule has 0 spiro atoms. The molecule has 1 aromatic rings. The van der Waals surface area contributed by atoms with Crippen molar-refractivity contribution in [2.45, 2.75) is 65.8 Å². The molecule has 2 rings (SSSR count). The molecule has 27 heavy (non-hydrogen) atoms. The van der Waals surface area contributed by atoms with E-state index in [0.29, 0.717) is 12.3 Å². The Morgan fingerprint density at radius 3 is 2.19 bits per heavy atom. The van der Waals surface area contributed by atoms with Crippen molar-refractivity contribution >= 4 is 23.4 Å². The van der Waals surface area contributed by atoms with Gasteiger partial charge in [-0.1, -0.05) is 58.4 Å². The van der Waals surface area contributed by atoms with E-state index >= 15 is 0 Å². The number of rotatable bonds is 5. The number of nitrogens with zero attached hydrogens (tertiary/aromatic N) is 1. The summed E-state index contributed by atoms with van der Waals surface area (Å²) in [6.07, 6.45) is 2.30. The number of halogens is 1. The number of carbonyl (C=O) groups excluding carboxylic acids is 2. The molecule has 1 aromatic carbocycles. The highest BCUT2D eigenvalue weighted by Gasteiger charge is 2.32. The molecule has 1 heterocycles. The normalized spacial score (nSPS) is 17.1. The summed E-state index contributed by atoms with van der Waals surface area (Å²) in [7, 11) is 0. The molecule has 0 aliphatic carbocycles. The average Bonchev–Trinajstić information content (AvgIpc) is 2.58. The third-order valence-corrected chi connectivity index (χ3v) is 5.34. The molecule has 1 aliphatic rings. The van der Waals surface area contributed by atoms with Gasteiger partial charge in [-0.2, -0.15) is 0 Å². The van der Waals surface area contributed by atoms with E-state index in [1.54, 1.807) is 0 Å². The van der Waals surface area contributed by atoms with E-state index < -0.39 is 6.04 Å². The minimum absolute atomic E-state index is 0.0433. The van der Waals surface area contributed by atoms with Gasteiger partial charge in [0.05, 0.1) is 0 Å². The van der Waals surface area contributed by atoms with E-state index in [-0.39, 0.29) is 23.1 Å². The Bertz CT molecular complexity index is 641. The Morgan fingerprint density at radius 2 is 1.70 bits per heavy atom. The second-order valence-electron chi connectivity index (χ2n) is 9.18. The molecule has 0 bridgehead atoms. The highest BCUT2D eigenvalue weighted by atomic mass is 35.5. The van der Waals surface area contributed by atoms with Crippen LogP contribution >= 0.6 is 11.6 Å². The first kappa shape index (κ1) is 21.7. The number of likely N-dealkylation sites (tertiary alicyclic amines) is 1. The number of benzene rings is 1. The second kappa shape index (κ2) is 9.09. The lowest BCUT2D eigenvalue weighted by molar-refractivity contribution is -0.139. The quantitative estimate of drug-likeness (QED) is 0.794. The van der Waals surface area contributed by atoms with Crippen molar-refractivity contribution in [1.82, 2.24) is 10.2 Å². The maximum Gasteiger partial charge on any atom is 0.245 e. The third-order valence-electron chi connectivity index (χ3n) is 5.09. The molecule has 1 unspecified atom stereocenters. The van der Waals surface area contributed by atoms with E-state index in [9.17, 15) is 9.59 Å². The van der Waals surface area contributed by atoms with Gasteiger partial charge in [0.25, 0.3) is 0 Å². The molecule has 0 radical (unpaired) electrons. The van der Waals surface area contributed by atoms with Gasteiger partial charge >= 0.3 is 0 Å². The first-order valence-electron chi connectivity index (χ1n) is 9.90. The molecule has 1 N–H and O–H groups in total. The Morgan fingerprint density at radius 1 is 1.15 bits per heavy atom. The Balaban J connectivity index is 1.95. The summed E-state index contributed by atoms with van der Waals surface area (Å²) in [6.45, 7) is 11.5. The van der Waals surface area contributed by atoms with Crippen molar-refractivity contribution in [3.63, 3.8) is 0 Å². The smallest absolute Gasteiger partial charge is 0.245 e. The molecule has 150 valence electrons. The number of nitrogens with one attached hydrogen (secondary N) is 1. The van der Waals surface area contributed by atoms with Crippen molar-refractivity contribution in [1.29, 1.82) is 0 Å². The molecule has 0 aromatic heterocycles. The van der Waals surface area contributed by atoms with E-state index in [2.05, 4.69) is 17.4 Å². The van der Waals surface area contributed by atoms with Crippen LogP contribution in [0.4, 0.5) is 0 Å². The molecule has 0 saturated carbocycles. The van der Waals surface area contributed by atoms with E-state index in [4.69, 9.17) is 11.6 Å². The van der Waals surface area contributed by atoms with Crippen LogP contribution in [0.2, 0.25) is 5.02 Å². The lowest BCUT2D eigenvalue weighted by atomic mass is 9.88. The van der Waals surface area contributed by atoms with Crippen LogP contribution < -0.4 is 5.32 Å². The average molecular weight is 393 g/mol. The Hall–Kier alpha value is -1.55. The van der Waals surface area contributed by atoms with Crippen LogP contribution in [0.5, 0.6) is 0 Å². The SMILES string of the molecule is CC(C)C(NC(=O)CC(C)(C)C)C(=O)N1CCC(c2ccc(Cl)cc2)CC1. The van der Waals surface area contributed by atoms with Crippen molar-refractivity contribution in [2.24, 2.45) is 11.3 Å². The van der Waals surface area contributed by atoms with Crippen molar-refractivity contribution in [3.8, 4) is 0 Å². The van der Waals surface area contributed by atoms with Gasteiger partial charge in [-0.15, -0.1) is 0 Å². The van der Waals surface area contributed by atoms with Gasteiger partial charge in [0.1, 0.15) is 6.04 Å². The molecule has 1 saturated heterocycles. The summed E-state index contributed by atoms with van der Waals surface area (Å²) >= 11 is 5.97. The van der Waals surface area contributed by atoms with Crippen molar-refractivity contribution in [2.75, 3.05) is 13.1 Å². The number of piperidine rings is 1. The molecule has 2 amide bonds. The van der Waals surface area contributed by atoms with Gasteiger partial charge in [-0.25, -0.2) is 0 Å². The Labute approximate surface area is 168 Å². The lowest BCUT2D eigenvalue weighted by Gasteiger charge is -2.36. The van der Waals surface area contributed by atoms with Crippen LogP contribution in [-0.4, -0.2) is 35.8 Å². The lowest BCUT2D eigenvalue weighted by Crippen LogP contribution is -2.53. The minimum atomic E-state index is -0.452. The summed E-state index contributed by atoms with van der Waals surface area (Å²) in [5.41, 5.74) is 1.19. The van der Waals surface area contributed by atoms with Crippen LogP contribution in [0.1, 0.15) is 65.4 Å². The van der Waals surface area contributed by atoms with Crippen LogP contribution in [-0.2, 0) is 9.59 Å². The standard InChI is InChI=1S/C22H33ClN2O2/c1-15(2)20(24-19(26)14-22(3,4)5)21(27)25-12-10-17(11-13-25)16-6-8-18(23)9-7-16/h6-9,15,17,20H,10-14H2,1-5H3,(H,24,26). The summed E-state index contributed by atoms with van der Waals surface area (Å²) in [5, 5.41) is 3.72. The highest BCUT2D eigenvalue weighted by Crippen LogP contribution is 2.29. The maximum atomic E-state index is 13.0. The van der Waals surface area contributed by atoms with Crippen molar-refractivity contribution < 1.29 is 9.59 Å². The van der Waals surface area contributed by atoms with Gasteiger partial charge in [-0.05, 0) is 47.8 Å². The first-order chi connectivity index (χ1) is 12.6. The molecule has 1 atom stereocenters. The summed E-state index contributed by atoms with van der Waals surface area (Å²) in [5.74, 6) is 0.516. The van der Waals surface area contributed by atoms with Crippen LogP contribution in [0.15, 0.2) is 24.3 Å². The summed E-state index contributed by atoms with van der Waals surface area (Å²) in [6, 6.07) is 7.55. The number of carbonyl (C=O) groups is 2. The monoisotopic (exact) mass is 392 g/mol. The topological polar surface area (TPSA) is 49.4 Å². The van der Waals surface area contributed by atoms with E-state index in [1.165, 1.54) is 5.56 Å². The third kappa shape index (κ3) is 6.53. The number of amides is 2. The summed E-state index contributed by atoms with van der Waals surface area (Å²) in [4.78, 5) is 27.3. The maximum absolute atomic E-state index is 13.0. The minimum Gasteiger partial charge on any atom is -0.344 e. The largest absolute Gasteiger partial charge is 0.344 e. The van der Waals surface area contributed by atoms with Crippen LogP contribution in [0, 0.1) is 11.3 Å². The van der Waals surface area contributed by atoms with Crippen molar-refractivity contribution in [3.05, 3.63) is 34.9 Å². The first-order valence-corrected chi connectivity index (χ1v) is 10.3. The molecule has 1 fully saturated rings. The molecule has 5 heteroatoms. The molecular weight excluding hydrogens is 360 g/mol. The fraction of sp³-hybridized carbons (Fsp3) is 0.636. The molecule has 1 aliphatic heterocycles. The highest BCUT2D eigenvalue weighted by molar-refractivity contribution is 6.30. The number of hydrogen-bond acceptors (Lipinski definition) is 2. The van der Waals surface area contributed by atoms with Gasteiger partial charge in [0.2, 0.25) is 11.8 Å².